The van der Waals surface area contributed by atoms with Crippen LogP contribution in [0, 0.1) is 11.8 Å². The van der Waals surface area contributed by atoms with Gasteiger partial charge in [0.2, 0.25) is 12.5 Å². The summed E-state index contributed by atoms with van der Waals surface area (Å²) in [6.07, 6.45) is 0.951. The van der Waals surface area contributed by atoms with Gasteiger partial charge < -0.3 is 47.4 Å². The summed E-state index contributed by atoms with van der Waals surface area (Å²) in [5.74, 6) is 9.82. The lowest BCUT2D eigenvalue weighted by atomic mass is 9.89. The van der Waals surface area contributed by atoms with Crippen LogP contribution in [0.4, 0.5) is 0 Å². The molecule has 0 N–H and O–H groups in total. The molecule has 0 fully saturated rings. The monoisotopic (exact) mass is 493 g/mol. The van der Waals surface area contributed by atoms with Crippen LogP contribution in [0.2, 0.25) is 0 Å². The van der Waals surface area contributed by atoms with Crippen LogP contribution in [0.25, 0.3) is 0 Å². The Bertz CT molecular complexity index is 946. The molecule has 148 valence electrons. The van der Waals surface area contributed by atoms with Gasteiger partial charge in [0.1, 0.15) is 5.75 Å². The standard InChI is InChI=1S/C22H24NO4.HI/c1-23(2)11-10-16-13-19-21(27-14-26-19)22(25-4)20(16)18(23)9-8-15-6-5-7-17(12-15)24-3;/h5-7,12-13,18H,10-11,14H2,1-4H3;1H/q+1;/p-1. The molecular formula is C22H24INO4. The molecule has 6 heteroatoms. The first-order valence-corrected chi connectivity index (χ1v) is 9.01. The fraction of sp³-hybridized carbons (Fsp3) is 0.364. The summed E-state index contributed by atoms with van der Waals surface area (Å²) in [7, 11) is 7.76. The van der Waals surface area contributed by atoms with Gasteiger partial charge in [-0.2, -0.15) is 0 Å². The molecule has 2 aromatic carbocycles. The van der Waals surface area contributed by atoms with Crippen molar-refractivity contribution in [2.24, 2.45) is 0 Å². The highest BCUT2D eigenvalue weighted by Crippen LogP contribution is 2.50. The van der Waals surface area contributed by atoms with Crippen LogP contribution < -0.4 is 42.9 Å². The maximum Gasteiger partial charge on any atom is 0.231 e. The van der Waals surface area contributed by atoms with E-state index >= 15 is 0 Å². The predicted octanol–water partition coefficient (Wildman–Crippen LogP) is 0.162. The summed E-state index contributed by atoms with van der Waals surface area (Å²) in [6.45, 7) is 1.22. The summed E-state index contributed by atoms with van der Waals surface area (Å²) in [5, 5.41) is 0. The van der Waals surface area contributed by atoms with E-state index in [0.29, 0.717) is 5.75 Å². The van der Waals surface area contributed by atoms with Crippen molar-refractivity contribution in [2.75, 3.05) is 41.7 Å². The summed E-state index contributed by atoms with van der Waals surface area (Å²) >= 11 is 0. The van der Waals surface area contributed by atoms with E-state index in [-0.39, 0.29) is 36.8 Å². The Kier molecular flexibility index (Phi) is 5.96. The molecule has 0 spiro atoms. The number of fused-ring (bicyclic) bond motifs is 2. The average Bonchev–Trinajstić information content (AvgIpc) is 3.13. The van der Waals surface area contributed by atoms with Crippen molar-refractivity contribution in [3.05, 3.63) is 47.0 Å². The number of methoxy groups -OCH3 is 2. The topological polar surface area (TPSA) is 36.9 Å². The SMILES string of the molecule is COc1cccc(C#CC2c3c(cc4c(c3OC)OCO4)CC[N+]2(C)C)c1.[I-]. The summed E-state index contributed by atoms with van der Waals surface area (Å²) < 4.78 is 23.1. The zero-order valence-electron chi connectivity index (χ0n) is 16.5. The molecule has 1 atom stereocenters. The zero-order valence-corrected chi connectivity index (χ0v) is 18.7. The van der Waals surface area contributed by atoms with Crippen LogP contribution in [0.15, 0.2) is 30.3 Å². The molecule has 0 amide bonds. The Labute approximate surface area is 183 Å². The van der Waals surface area contributed by atoms with Crippen molar-refractivity contribution < 1.29 is 47.4 Å². The molecule has 0 bridgehead atoms. The molecule has 2 aromatic rings. The van der Waals surface area contributed by atoms with E-state index in [4.69, 9.17) is 18.9 Å². The number of hydrogen-bond acceptors (Lipinski definition) is 4. The van der Waals surface area contributed by atoms with Gasteiger partial charge >= 0.3 is 0 Å². The first-order valence-electron chi connectivity index (χ1n) is 9.01. The van der Waals surface area contributed by atoms with E-state index in [1.165, 1.54) is 5.56 Å². The van der Waals surface area contributed by atoms with Crippen LogP contribution in [0.5, 0.6) is 23.0 Å². The lowest BCUT2D eigenvalue weighted by molar-refractivity contribution is -0.914. The van der Waals surface area contributed by atoms with E-state index in [1.54, 1.807) is 14.2 Å². The largest absolute Gasteiger partial charge is 1.00 e. The predicted molar refractivity (Wildman–Crippen MR) is 102 cm³/mol. The average molecular weight is 493 g/mol. The van der Waals surface area contributed by atoms with Crippen LogP contribution >= 0.6 is 0 Å². The van der Waals surface area contributed by atoms with Gasteiger partial charge in [-0.25, -0.2) is 0 Å². The molecule has 0 saturated carbocycles. The van der Waals surface area contributed by atoms with Crippen molar-refractivity contribution in [1.29, 1.82) is 0 Å². The number of halogens is 1. The number of rotatable bonds is 2. The molecule has 4 rings (SSSR count). The molecule has 28 heavy (non-hydrogen) atoms. The number of likely N-dealkylation sites (N-methyl/N-ethyl adjacent to an activating group) is 1. The van der Waals surface area contributed by atoms with Gasteiger partial charge in [-0.15, -0.1) is 0 Å². The van der Waals surface area contributed by atoms with Crippen molar-refractivity contribution in [3.8, 4) is 34.8 Å². The molecule has 0 radical (unpaired) electrons. The van der Waals surface area contributed by atoms with Gasteiger partial charge in [0, 0.05) is 12.0 Å². The Balaban J connectivity index is 0.00000225. The van der Waals surface area contributed by atoms with Crippen LogP contribution in [-0.2, 0) is 6.42 Å². The second-order valence-electron chi connectivity index (χ2n) is 7.37. The first-order chi connectivity index (χ1) is 13.0. The highest BCUT2D eigenvalue weighted by atomic mass is 127. The number of nitrogens with zero attached hydrogens (tertiary/aromatic N) is 1. The fourth-order valence-corrected chi connectivity index (χ4v) is 3.77. The molecule has 5 nitrogen and oxygen atoms in total. The van der Waals surface area contributed by atoms with Crippen LogP contribution in [0.1, 0.15) is 22.7 Å². The van der Waals surface area contributed by atoms with Crippen molar-refractivity contribution in [1.82, 2.24) is 0 Å². The van der Waals surface area contributed by atoms with Gasteiger partial charge in [0.05, 0.1) is 40.4 Å². The third kappa shape index (κ3) is 3.61. The number of ether oxygens (including phenoxy) is 4. The minimum Gasteiger partial charge on any atom is -1.00 e. The van der Waals surface area contributed by atoms with Crippen LogP contribution in [-0.4, -0.2) is 46.1 Å². The summed E-state index contributed by atoms with van der Waals surface area (Å²) in [4.78, 5) is 0. The molecule has 0 aliphatic carbocycles. The number of quaternary nitrogens is 1. The lowest BCUT2D eigenvalue weighted by Crippen LogP contribution is -3.00. The lowest BCUT2D eigenvalue weighted by Gasteiger charge is -2.40. The van der Waals surface area contributed by atoms with Crippen molar-refractivity contribution in [3.63, 3.8) is 0 Å². The van der Waals surface area contributed by atoms with E-state index < -0.39 is 0 Å². The van der Waals surface area contributed by atoms with Crippen molar-refractivity contribution >= 4 is 0 Å². The van der Waals surface area contributed by atoms with E-state index in [1.807, 2.05) is 24.3 Å². The van der Waals surface area contributed by atoms with Crippen molar-refractivity contribution in [2.45, 2.75) is 12.5 Å². The highest BCUT2D eigenvalue weighted by Gasteiger charge is 2.40. The van der Waals surface area contributed by atoms with E-state index in [0.717, 1.165) is 45.8 Å². The van der Waals surface area contributed by atoms with E-state index in [2.05, 4.69) is 32.0 Å². The molecule has 2 aliphatic rings. The Morgan fingerprint density at radius 1 is 1.11 bits per heavy atom. The maximum atomic E-state index is 5.76. The van der Waals surface area contributed by atoms with Gasteiger partial charge in [-0.3, -0.25) is 0 Å². The zero-order chi connectivity index (χ0) is 19.0. The summed E-state index contributed by atoms with van der Waals surface area (Å²) in [6, 6.07) is 9.88. The van der Waals surface area contributed by atoms with E-state index in [9.17, 15) is 0 Å². The molecule has 1 unspecified atom stereocenters. The third-order valence-electron chi connectivity index (χ3n) is 5.30. The van der Waals surface area contributed by atoms with Crippen LogP contribution in [0.3, 0.4) is 0 Å². The van der Waals surface area contributed by atoms with Gasteiger partial charge in [0.15, 0.2) is 17.5 Å². The smallest absolute Gasteiger partial charge is 0.231 e. The Morgan fingerprint density at radius 3 is 2.68 bits per heavy atom. The minimum atomic E-state index is -0.0237. The second-order valence-corrected chi connectivity index (χ2v) is 7.37. The normalized spacial score (nSPS) is 18.2. The molecule has 0 saturated heterocycles. The second kappa shape index (κ2) is 8.10. The van der Waals surface area contributed by atoms with Gasteiger partial charge in [-0.1, -0.05) is 12.0 Å². The molecule has 2 heterocycles. The summed E-state index contributed by atoms with van der Waals surface area (Å²) in [5.41, 5.74) is 3.26. The third-order valence-corrected chi connectivity index (χ3v) is 5.30. The number of hydrogen-bond donors (Lipinski definition) is 0. The molecule has 2 aliphatic heterocycles. The van der Waals surface area contributed by atoms with Gasteiger partial charge in [-0.05, 0) is 35.7 Å². The number of benzene rings is 2. The highest BCUT2D eigenvalue weighted by molar-refractivity contribution is 5.62. The molecular weight excluding hydrogens is 469 g/mol. The Morgan fingerprint density at radius 2 is 1.93 bits per heavy atom. The fourth-order valence-electron chi connectivity index (χ4n) is 3.77. The maximum absolute atomic E-state index is 5.76. The minimum absolute atomic E-state index is 0. The Hall–Kier alpha value is -2.11. The molecule has 0 aromatic heterocycles. The first kappa shape index (κ1) is 20.6. The van der Waals surface area contributed by atoms with Gasteiger partial charge in [0.25, 0.3) is 0 Å². The quantitative estimate of drug-likeness (QED) is 0.340.